The highest BCUT2D eigenvalue weighted by Crippen LogP contribution is 2.33. The molecule has 94 valence electrons. The summed E-state index contributed by atoms with van der Waals surface area (Å²) in [5.74, 6) is 1.72. The lowest BCUT2D eigenvalue weighted by atomic mass is 10.0. The number of hydrogen-bond donors (Lipinski definition) is 1. The van der Waals surface area contributed by atoms with Crippen molar-refractivity contribution in [3.05, 3.63) is 41.5 Å². The maximum atomic E-state index is 5.47. The van der Waals surface area contributed by atoms with Crippen LogP contribution in [0.1, 0.15) is 11.1 Å². The Labute approximate surface area is 108 Å². The van der Waals surface area contributed by atoms with Gasteiger partial charge in [0.05, 0.1) is 12.8 Å². The molecular weight excluding hydrogens is 224 g/mol. The summed E-state index contributed by atoms with van der Waals surface area (Å²) in [4.78, 5) is 4.57. The summed E-state index contributed by atoms with van der Waals surface area (Å²) in [5.41, 5.74) is 4.35. The standard InChI is InChI=1S/C15H18N2O/c1-10-8-11(2)15(13(9-10)18-4)12-6-5-7-14(16-3)17-12/h5-9H,1-4H3,(H,16,17). The molecule has 2 aromatic rings. The molecule has 0 unspecified atom stereocenters. The van der Waals surface area contributed by atoms with Crippen LogP contribution in [0.5, 0.6) is 5.75 Å². The van der Waals surface area contributed by atoms with Crippen molar-refractivity contribution in [3.8, 4) is 17.0 Å². The molecule has 0 bridgehead atoms. The smallest absolute Gasteiger partial charge is 0.128 e. The number of hydrogen-bond acceptors (Lipinski definition) is 3. The minimum Gasteiger partial charge on any atom is -0.496 e. The van der Waals surface area contributed by atoms with Crippen LogP contribution in [0.25, 0.3) is 11.3 Å². The van der Waals surface area contributed by atoms with Gasteiger partial charge in [-0.3, -0.25) is 0 Å². The van der Waals surface area contributed by atoms with Crippen LogP contribution in [0, 0.1) is 13.8 Å². The first-order chi connectivity index (χ1) is 8.65. The number of ether oxygens (including phenoxy) is 1. The molecule has 0 aliphatic carbocycles. The minimum atomic E-state index is 0.856. The Morgan fingerprint density at radius 3 is 2.61 bits per heavy atom. The summed E-state index contributed by atoms with van der Waals surface area (Å²) >= 11 is 0. The van der Waals surface area contributed by atoms with E-state index in [-0.39, 0.29) is 0 Å². The number of methoxy groups -OCH3 is 1. The van der Waals surface area contributed by atoms with E-state index in [1.54, 1.807) is 7.11 Å². The lowest BCUT2D eigenvalue weighted by Crippen LogP contribution is -1.97. The summed E-state index contributed by atoms with van der Waals surface area (Å²) in [6, 6.07) is 10.1. The third-order valence-corrected chi connectivity index (χ3v) is 2.92. The number of pyridine rings is 1. The van der Waals surface area contributed by atoms with Crippen LogP contribution >= 0.6 is 0 Å². The maximum Gasteiger partial charge on any atom is 0.128 e. The van der Waals surface area contributed by atoms with Crippen LogP contribution in [0.15, 0.2) is 30.3 Å². The minimum absolute atomic E-state index is 0.856. The van der Waals surface area contributed by atoms with Crippen LogP contribution in [-0.4, -0.2) is 19.1 Å². The number of nitrogens with one attached hydrogen (secondary N) is 1. The van der Waals surface area contributed by atoms with Crippen LogP contribution in [0.2, 0.25) is 0 Å². The molecule has 0 spiro atoms. The van der Waals surface area contributed by atoms with E-state index in [1.165, 1.54) is 11.1 Å². The Hall–Kier alpha value is -2.03. The molecule has 1 heterocycles. The average molecular weight is 242 g/mol. The average Bonchev–Trinajstić information content (AvgIpc) is 2.37. The molecule has 3 nitrogen and oxygen atoms in total. The zero-order valence-electron chi connectivity index (χ0n) is 11.2. The second-order valence-corrected chi connectivity index (χ2v) is 4.32. The fourth-order valence-electron chi connectivity index (χ4n) is 2.13. The van der Waals surface area contributed by atoms with Gasteiger partial charge in [-0.05, 0) is 43.2 Å². The van der Waals surface area contributed by atoms with E-state index in [1.807, 2.05) is 31.3 Å². The van der Waals surface area contributed by atoms with Crippen LogP contribution in [-0.2, 0) is 0 Å². The fraction of sp³-hybridized carbons (Fsp3) is 0.267. The Bertz CT molecular complexity index is 564. The van der Waals surface area contributed by atoms with Crippen molar-refractivity contribution in [2.45, 2.75) is 13.8 Å². The predicted octanol–water partition coefficient (Wildman–Crippen LogP) is 3.42. The molecule has 3 heteroatoms. The SMILES string of the molecule is CNc1cccc(-c2c(C)cc(C)cc2OC)n1. The zero-order valence-corrected chi connectivity index (χ0v) is 11.2. The van der Waals surface area contributed by atoms with Gasteiger partial charge < -0.3 is 10.1 Å². The van der Waals surface area contributed by atoms with E-state index in [2.05, 4.69) is 30.2 Å². The number of nitrogens with zero attached hydrogens (tertiary/aromatic N) is 1. The van der Waals surface area contributed by atoms with Crippen molar-refractivity contribution in [2.75, 3.05) is 19.5 Å². The van der Waals surface area contributed by atoms with Gasteiger partial charge in [0.1, 0.15) is 11.6 Å². The van der Waals surface area contributed by atoms with Crippen LogP contribution in [0.4, 0.5) is 5.82 Å². The topological polar surface area (TPSA) is 34.1 Å². The number of benzene rings is 1. The Morgan fingerprint density at radius 2 is 1.94 bits per heavy atom. The molecule has 1 aromatic carbocycles. The summed E-state index contributed by atoms with van der Waals surface area (Å²) < 4.78 is 5.47. The molecule has 2 rings (SSSR count). The molecule has 0 amide bonds. The first-order valence-electron chi connectivity index (χ1n) is 5.96. The van der Waals surface area contributed by atoms with Gasteiger partial charge in [-0.2, -0.15) is 0 Å². The van der Waals surface area contributed by atoms with E-state index in [0.717, 1.165) is 22.8 Å². The van der Waals surface area contributed by atoms with Crippen molar-refractivity contribution in [3.63, 3.8) is 0 Å². The summed E-state index contributed by atoms with van der Waals surface area (Å²) in [7, 11) is 3.56. The molecule has 1 N–H and O–H groups in total. The molecule has 18 heavy (non-hydrogen) atoms. The van der Waals surface area contributed by atoms with E-state index in [9.17, 15) is 0 Å². The van der Waals surface area contributed by atoms with Crippen molar-refractivity contribution >= 4 is 5.82 Å². The molecule has 0 saturated carbocycles. The second kappa shape index (κ2) is 5.08. The van der Waals surface area contributed by atoms with Crippen molar-refractivity contribution < 1.29 is 4.74 Å². The number of aryl methyl sites for hydroxylation is 2. The van der Waals surface area contributed by atoms with Gasteiger partial charge in [0.25, 0.3) is 0 Å². The Morgan fingerprint density at radius 1 is 1.17 bits per heavy atom. The Kier molecular flexibility index (Phi) is 3.51. The van der Waals surface area contributed by atoms with Crippen molar-refractivity contribution in [1.82, 2.24) is 4.98 Å². The summed E-state index contributed by atoms with van der Waals surface area (Å²) in [5, 5.41) is 3.05. The van der Waals surface area contributed by atoms with Crippen molar-refractivity contribution in [1.29, 1.82) is 0 Å². The highest BCUT2D eigenvalue weighted by molar-refractivity contribution is 5.72. The lowest BCUT2D eigenvalue weighted by Gasteiger charge is -2.13. The van der Waals surface area contributed by atoms with Gasteiger partial charge in [-0.25, -0.2) is 4.98 Å². The first kappa shape index (κ1) is 12.4. The maximum absolute atomic E-state index is 5.47. The number of rotatable bonds is 3. The number of aromatic nitrogens is 1. The van der Waals surface area contributed by atoms with Gasteiger partial charge in [-0.1, -0.05) is 12.1 Å². The van der Waals surface area contributed by atoms with Gasteiger partial charge >= 0.3 is 0 Å². The van der Waals surface area contributed by atoms with Gasteiger partial charge in [-0.15, -0.1) is 0 Å². The van der Waals surface area contributed by atoms with E-state index < -0.39 is 0 Å². The normalized spacial score (nSPS) is 10.2. The Balaban J connectivity index is 2.62. The van der Waals surface area contributed by atoms with Crippen LogP contribution in [0.3, 0.4) is 0 Å². The molecule has 0 fully saturated rings. The third kappa shape index (κ3) is 2.30. The monoisotopic (exact) mass is 242 g/mol. The van der Waals surface area contributed by atoms with Gasteiger partial charge in [0.15, 0.2) is 0 Å². The van der Waals surface area contributed by atoms with Crippen LogP contribution < -0.4 is 10.1 Å². The van der Waals surface area contributed by atoms with Crippen molar-refractivity contribution in [2.24, 2.45) is 0 Å². The molecule has 1 aromatic heterocycles. The number of anilines is 1. The highest BCUT2D eigenvalue weighted by atomic mass is 16.5. The highest BCUT2D eigenvalue weighted by Gasteiger charge is 2.11. The summed E-state index contributed by atoms with van der Waals surface area (Å²) in [6.07, 6.45) is 0. The first-order valence-corrected chi connectivity index (χ1v) is 5.96. The lowest BCUT2D eigenvalue weighted by molar-refractivity contribution is 0.415. The molecule has 0 aliphatic rings. The quantitative estimate of drug-likeness (QED) is 0.895. The van der Waals surface area contributed by atoms with Gasteiger partial charge in [0, 0.05) is 12.6 Å². The molecule has 0 aliphatic heterocycles. The molecule has 0 saturated heterocycles. The molecular formula is C15H18N2O. The fourth-order valence-corrected chi connectivity index (χ4v) is 2.13. The largest absolute Gasteiger partial charge is 0.496 e. The van der Waals surface area contributed by atoms with Gasteiger partial charge in [0.2, 0.25) is 0 Å². The van der Waals surface area contributed by atoms with E-state index in [4.69, 9.17) is 4.74 Å². The zero-order chi connectivity index (χ0) is 13.1. The summed E-state index contributed by atoms with van der Waals surface area (Å²) in [6.45, 7) is 4.15. The predicted molar refractivity (Wildman–Crippen MR) is 75.2 cm³/mol. The molecule has 0 radical (unpaired) electrons. The van der Waals surface area contributed by atoms with E-state index >= 15 is 0 Å². The second-order valence-electron chi connectivity index (χ2n) is 4.32. The molecule has 0 atom stereocenters. The van der Waals surface area contributed by atoms with E-state index in [0.29, 0.717) is 0 Å². The third-order valence-electron chi connectivity index (χ3n) is 2.92.